The molecule has 4 rings (SSSR count). The summed E-state index contributed by atoms with van der Waals surface area (Å²) in [5, 5.41) is 20.8. The molecule has 0 aliphatic carbocycles. The zero-order valence-electron chi connectivity index (χ0n) is 18.4. The van der Waals surface area contributed by atoms with Gasteiger partial charge in [0.05, 0.1) is 18.9 Å². The van der Waals surface area contributed by atoms with E-state index in [0.717, 1.165) is 38.5 Å². The van der Waals surface area contributed by atoms with E-state index < -0.39 is 5.91 Å². The highest BCUT2D eigenvalue weighted by Crippen LogP contribution is 2.39. The minimum absolute atomic E-state index is 0.0435. The molecule has 1 aliphatic rings. The summed E-state index contributed by atoms with van der Waals surface area (Å²) < 4.78 is 7.16. The molecule has 1 aromatic heterocycles. The molecule has 0 bridgehead atoms. The van der Waals surface area contributed by atoms with Crippen LogP contribution in [-0.2, 0) is 11.3 Å². The van der Waals surface area contributed by atoms with Crippen LogP contribution in [0.5, 0.6) is 11.5 Å². The van der Waals surface area contributed by atoms with E-state index in [1.807, 2.05) is 38.1 Å². The number of nitrogens with zero attached hydrogens (tertiary/aromatic N) is 2. The smallest absolute Gasteiger partial charge is 0.265 e. The molecule has 1 fully saturated rings. The van der Waals surface area contributed by atoms with Crippen LogP contribution in [0.3, 0.4) is 0 Å². The number of rotatable bonds is 6. The van der Waals surface area contributed by atoms with Gasteiger partial charge in [-0.2, -0.15) is 0 Å². The SMILES string of the molecule is CC(C)c1cc(-c2ccc(C(N)=O)n2-c2ccc(CN3CCOCC3)cc2)c(O)cc1O. The van der Waals surface area contributed by atoms with Crippen molar-refractivity contribution in [3.63, 3.8) is 0 Å². The van der Waals surface area contributed by atoms with Crippen molar-refractivity contribution in [2.45, 2.75) is 26.3 Å². The van der Waals surface area contributed by atoms with Crippen LogP contribution in [0.2, 0.25) is 0 Å². The fourth-order valence-corrected chi connectivity index (χ4v) is 4.15. The lowest BCUT2D eigenvalue weighted by molar-refractivity contribution is 0.0342. The maximum atomic E-state index is 12.2. The molecular formula is C25H29N3O4. The zero-order valence-corrected chi connectivity index (χ0v) is 18.4. The minimum atomic E-state index is -0.559. The third kappa shape index (κ3) is 4.35. The third-order valence-corrected chi connectivity index (χ3v) is 5.88. The van der Waals surface area contributed by atoms with Gasteiger partial charge >= 0.3 is 0 Å². The number of benzene rings is 2. The van der Waals surface area contributed by atoms with Gasteiger partial charge in [0.1, 0.15) is 17.2 Å². The highest BCUT2D eigenvalue weighted by atomic mass is 16.5. The first-order valence-electron chi connectivity index (χ1n) is 10.8. The van der Waals surface area contributed by atoms with Crippen molar-refractivity contribution in [3.8, 4) is 28.4 Å². The van der Waals surface area contributed by atoms with E-state index in [1.165, 1.54) is 11.6 Å². The number of carbonyl (C=O) groups excluding carboxylic acids is 1. The molecule has 0 atom stereocenters. The predicted molar refractivity (Wildman–Crippen MR) is 123 cm³/mol. The van der Waals surface area contributed by atoms with E-state index in [1.54, 1.807) is 22.8 Å². The topological polar surface area (TPSA) is 101 Å². The molecule has 1 saturated heterocycles. The van der Waals surface area contributed by atoms with Crippen LogP contribution >= 0.6 is 0 Å². The number of phenolic OH excluding ortho intramolecular Hbond substituents is 2. The second-order valence-electron chi connectivity index (χ2n) is 8.44. The summed E-state index contributed by atoms with van der Waals surface area (Å²) in [4.78, 5) is 14.5. The lowest BCUT2D eigenvalue weighted by atomic mass is 9.97. The average molecular weight is 436 g/mol. The number of morpholine rings is 1. The Morgan fingerprint density at radius 1 is 1.03 bits per heavy atom. The second-order valence-corrected chi connectivity index (χ2v) is 8.44. The van der Waals surface area contributed by atoms with Gasteiger partial charge in [-0.3, -0.25) is 9.69 Å². The molecule has 7 nitrogen and oxygen atoms in total. The molecule has 32 heavy (non-hydrogen) atoms. The van der Waals surface area contributed by atoms with E-state index >= 15 is 0 Å². The van der Waals surface area contributed by atoms with Gasteiger partial charge in [0.15, 0.2) is 0 Å². The molecule has 2 heterocycles. The molecule has 168 valence electrons. The molecule has 1 amide bonds. The van der Waals surface area contributed by atoms with Crippen molar-refractivity contribution in [2.24, 2.45) is 5.73 Å². The molecule has 0 radical (unpaired) electrons. The number of amides is 1. The first kappa shape index (κ1) is 21.9. The van der Waals surface area contributed by atoms with E-state index in [-0.39, 0.29) is 17.4 Å². The first-order valence-corrected chi connectivity index (χ1v) is 10.8. The Bertz CT molecular complexity index is 1110. The number of hydrogen-bond acceptors (Lipinski definition) is 5. The van der Waals surface area contributed by atoms with Crippen LogP contribution in [0.1, 0.15) is 41.4 Å². The zero-order chi connectivity index (χ0) is 22.8. The highest BCUT2D eigenvalue weighted by molar-refractivity contribution is 5.93. The highest BCUT2D eigenvalue weighted by Gasteiger charge is 2.20. The Kier molecular flexibility index (Phi) is 6.21. The van der Waals surface area contributed by atoms with Gasteiger partial charge in [-0.05, 0) is 47.4 Å². The molecular weight excluding hydrogens is 406 g/mol. The van der Waals surface area contributed by atoms with Crippen molar-refractivity contribution in [1.82, 2.24) is 9.47 Å². The lowest BCUT2D eigenvalue weighted by Gasteiger charge is -2.26. The molecule has 0 saturated carbocycles. The molecule has 3 aromatic rings. The second kappa shape index (κ2) is 9.06. The predicted octanol–water partition coefficient (Wildman–Crippen LogP) is 3.61. The van der Waals surface area contributed by atoms with Gasteiger partial charge < -0.3 is 25.3 Å². The van der Waals surface area contributed by atoms with Crippen molar-refractivity contribution < 1.29 is 19.7 Å². The summed E-state index contributed by atoms with van der Waals surface area (Å²) >= 11 is 0. The van der Waals surface area contributed by atoms with Crippen LogP contribution in [0, 0.1) is 0 Å². The molecule has 0 spiro atoms. The number of aromatic hydroxyl groups is 2. The van der Waals surface area contributed by atoms with Crippen LogP contribution in [0.15, 0.2) is 48.5 Å². The Morgan fingerprint density at radius 2 is 1.72 bits per heavy atom. The number of primary amides is 1. The van der Waals surface area contributed by atoms with Crippen molar-refractivity contribution in [1.29, 1.82) is 0 Å². The molecule has 1 aliphatic heterocycles. The summed E-state index contributed by atoms with van der Waals surface area (Å²) in [6.45, 7) is 8.10. The number of hydrogen-bond donors (Lipinski definition) is 3. The normalized spacial score (nSPS) is 14.7. The van der Waals surface area contributed by atoms with Crippen molar-refractivity contribution in [3.05, 3.63) is 65.4 Å². The fourth-order valence-electron chi connectivity index (χ4n) is 4.15. The van der Waals surface area contributed by atoms with E-state index in [0.29, 0.717) is 22.5 Å². The summed E-state index contributed by atoms with van der Waals surface area (Å²) in [7, 11) is 0. The Labute approximate surface area is 187 Å². The molecule has 2 aromatic carbocycles. The molecule has 7 heteroatoms. The largest absolute Gasteiger partial charge is 0.508 e. The van der Waals surface area contributed by atoms with Gasteiger partial charge in [-0.1, -0.05) is 26.0 Å². The van der Waals surface area contributed by atoms with Gasteiger partial charge in [0, 0.05) is 37.0 Å². The summed E-state index contributed by atoms with van der Waals surface area (Å²) in [6.07, 6.45) is 0. The lowest BCUT2D eigenvalue weighted by Crippen LogP contribution is -2.35. The minimum Gasteiger partial charge on any atom is -0.508 e. The number of aromatic nitrogens is 1. The van der Waals surface area contributed by atoms with Crippen molar-refractivity contribution in [2.75, 3.05) is 26.3 Å². The first-order chi connectivity index (χ1) is 15.3. The fraction of sp³-hybridized carbons (Fsp3) is 0.320. The van der Waals surface area contributed by atoms with Gasteiger partial charge in [0.2, 0.25) is 0 Å². The maximum Gasteiger partial charge on any atom is 0.265 e. The Morgan fingerprint density at radius 3 is 2.34 bits per heavy atom. The van der Waals surface area contributed by atoms with Gasteiger partial charge in [-0.15, -0.1) is 0 Å². The maximum absolute atomic E-state index is 12.2. The van der Waals surface area contributed by atoms with E-state index in [9.17, 15) is 15.0 Å². The molecule has 4 N–H and O–H groups in total. The summed E-state index contributed by atoms with van der Waals surface area (Å²) in [5.41, 5.74) is 9.77. The van der Waals surface area contributed by atoms with Gasteiger partial charge in [0.25, 0.3) is 5.91 Å². The average Bonchev–Trinajstić information content (AvgIpc) is 3.20. The Hall–Kier alpha value is -3.29. The van der Waals surface area contributed by atoms with Gasteiger partial charge in [-0.25, -0.2) is 0 Å². The van der Waals surface area contributed by atoms with Crippen LogP contribution in [0.4, 0.5) is 0 Å². The van der Waals surface area contributed by atoms with Crippen molar-refractivity contribution >= 4 is 5.91 Å². The number of phenols is 2. The molecule has 0 unspecified atom stereocenters. The monoisotopic (exact) mass is 435 g/mol. The number of carbonyl (C=O) groups is 1. The van der Waals surface area contributed by atoms with E-state index in [2.05, 4.69) is 4.90 Å². The van der Waals surface area contributed by atoms with E-state index in [4.69, 9.17) is 10.5 Å². The van der Waals surface area contributed by atoms with Crippen LogP contribution in [-0.4, -0.2) is 51.9 Å². The quantitative estimate of drug-likeness (QED) is 0.549. The number of nitrogens with two attached hydrogens (primary N) is 1. The van der Waals surface area contributed by atoms with Crippen LogP contribution < -0.4 is 5.73 Å². The standard InChI is InChI=1S/C25H29N3O4/c1-16(2)19-13-20(24(30)14-23(19)29)21-7-8-22(25(26)31)28(21)18-5-3-17(4-6-18)15-27-9-11-32-12-10-27/h3-8,13-14,16,29-30H,9-12,15H2,1-2H3,(H2,26,31). The third-order valence-electron chi connectivity index (χ3n) is 5.88. The summed E-state index contributed by atoms with van der Waals surface area (Å²) in [6, 6.07) is 14.5. The summed E-state index contributed by atoms with van der Waals surface area (Å²) in [5.74, 6) is -0.517. The number of ether oxygens (including phenoxy) is 1. The van der Waals surface area contributed by atoms with Crippen LogP contribution in [0.25, 0.3) is 16.9 Å². The Balaban J connectivity index is 1.74.